The lowest BCUT2D eigenvalue weighted by molar-refractivity contribution is -0.571. The number of hydrogen-bond acceptors (Lipinski definition) is 2. The van der Waals surface area contributed by atoms with E-state index in [2.05, 4.69) is 478 Å². The summed E-state index contributed by atoms with van der Waals surface area (Å²) < 4.78 is 14.0. The van der Waals surface area contributed by atoms with Crippen LogP contribution < -0.4 is 71.5 Å². The highest BCUT2D eigenvalue weighted by Crippen LogP contribution is 2.39. The van der Waals surface area contributed by atoms with Gasteiger partial charge in [0.1, 0.15) is 17.3 Å². The van der Waals surface area contributed by atoms with Gasteiger partial charge in [-0.05, 0) is 144 Å². The van der Waals surface area contributed by atoms with Gasteiger partial charge in [0.15, 0.2) is 24.2 Å². The SMILES string of the molecule is CC(C)(C)c1ccnc(-n2c3ccccc3c3ccc(Oc4cccc(-n5[c-][n+](-c6c(-c7cccc([Si](c8ccccc8)(c8ccccc8)c8ccccc8)c7)cc([Si](c7ccccc7)(c7ccccc7)c7ccccc7)cc6-c6cccc([Si](c7ccccc7)(c7ccccc7)c7ccccc7)c6)c6ccccc65)c4)cc32)c1. The van der Waals surface area contributed by atoms with Gasteiger partial charge in [0.05, 0.1) is 33.4 Å². The number of ether oxygens (including phenoxy) is 1. The van der Waals surface area contributed by atoms with E-state index in [9.17, 15) is 0 Å². The Bertz CT molecular complexity index is 6180. The van der Waals surface area contributed by atoms with Crippen molar-refractivity contribution in [3.63, 3.8) is 0 Å². The molecular weight excluding hydrogens is 1430 g/mol. The minimum Gasteiger partial charge on any atom is -0.458 e. The largest absolute Gasteiger partial charge is 0.458 e. The van der Waals surface area contributed by atoms with Crippen LogP contribution in [-0.2, 0) is 5.41 Å². The minimum atomic E-state index is -3.39. The second-order valence-electron chi connectivity index (χ2n) is 30.7. The first kappa shape index (κ1) is 70.8. The normalized spacial score (nSPS) is 12.0. The Labute approximate surface area is 670 Å². The number of pyridine rings is 1. The average molecular weight is 1510 g/mol. The molecule has 16 aromatic carbocycles. The maximum atomic E-state index is 7.14. The zero-order valence-electron chi connectivity index (χ0n) is 63.8. The molecule has 3 heterocycles. The maximum absolute atomic E-state index is 7.14. The Kier molecular flexibility index (Phi) is 18.6. The summed E-state index contributed by atoms with van der Waals surface area (Å²) in [7, 11) is -9.71. The first-order valence-electron chi connectivity index (χ1n) is 39.3. The molecule has 5 nitrogen and oxygen atoms in total. The number of imidazole rings is 1. The van der Waals surface area contributed by atoms with Crippen molar-refractivity contribution in [2.45, 2.75) is 26.2 Å². The molecule has 0 fully saturated rings. The Morgan fingerprint density at radius 1 is 0.298 bits per heavy atom. The van der Waals surface area contributed by atoms with Crippen molar-refractivity contribution in [2.75, 3.05) is 0 Å². The second-order valence-corrected chi connectivity index (χ2v) is 42.1. The molecule has 114 heavy (non-hydrogen) atoms. The Morgan fingerprint density at radius 3 is 1.11 bits per heavy atom. The van der Waals surface area contributed by atoms with Crippen molar-refractivity contribution in [3.8, 4) is 50.9 Å². The molecule has 3 aromatic heterocycles. The first-order chi connectivity index (χ1) is 56.2. The Hall–Kier alpha value is -13.6. The third-order valence-corrected chi connectivity index (χ3v) is 37.5. The molecule has 19 aromatic rings. The number of rotatable bonds is 19. The van der Waals surface area contributed by atoms with E-state index in [0.29, 0.717) is 11.5 Å². The number of benzene rings is 16. The Balaban J connectivity index is 0.908. The van der Waals surface area contributed by atoms with Gasteiger partial charge < -0.3 is 4.74 Å². The number of nitrogens with zero attached hydrogens (tertiary/aromatic N) is 4. The smallest absolute Gasteiger partial charge is 0.269 e. The van der Waals surface area contributed by atoms with Crippen molar-refractivity contribution in [1.29, 1.82) is 0 Å². The van der Waals surface area contributed by atoms with Crippen LogP contribution in [0.2, 0.25) is 0 Å². The number of para-hydroxylation sites is 3. The molecule has 0 bridgehead atoms. The van der Waals surface area contributed by atoms with Gasteiger partial charge in [-0.15, -0.1) is 0 Å². The molecule has 544 valence electrons. The molecule has 0 aliphatic heterocycles. The summed E-state index contributed by atoms with van der Waals surface area (Å²) in [6.07, 6.45) is 6.14. The molecule has 0 atom stereocenters. The van der Waals surface area contributed by atoms with E-state index in [-0.39, 0.29) is 5.41 Å². The van der Waals surface area contributed by atoms with Gasteiger partial charge in [-0.25, -0.2) is 4.98 Å². The van der Waals surface area contributed by atoms with Crippen LogP contribution in [0.4, 0.5) is 0 Å². The van der Waals surface area contributed by atoms with E-state index in [1.54, 1.807) is 0 Å². The lowest BCUT2D eigenvalue weighted by atomic mass is 9.88. The summed E-state index contributed by atoms with van der Waals surface area (Å²) in [5.41, 5.74) is 11.4. The van der Waals surface area contributed by atoms with Gasteiger partial charge in [0.2, 0.25) is 0 Å². The summed E-state index contributed by atoms with van der Waals surface area (Å²) in [4.78, 5) is 5.01. The fourth-order valence-corrected chi connectivity index (χ4v) is 32.5. The van der Waals surface area contributed by atoms with Crippen LogP contribution in [-0.4, -0.2) is 38.3 Å². The van der Waals surface area contributed by atoms with Gasteiger partial charge in [0.25, 0.3) is 6.33 Å². The van der Waals surface area contributed by atoms with Gasteiger partial charge in [-0.1, -0.05) is 403 Å². The molecule has 0 saturated heterocycles. The Morgan fingerprint density at radius 2 is 0.667 bits per heavy atom. The summed E-state index contributed by atoms with van der Waals surface area (Å²) >= 11 is 0. The fourth-order valence-electron chi connectivity index (χ4n) is 18.1. The van der Waals surface area contributed by atoms with Crippen LogP contribution in [0.25, 0.3) is 72.3 Å². The van der Waals surface area contributed by atoms with Crippen molar-refractivity contribution in [2.24, 2.45) is 0 Å². The molecule has 19 rings (SSSR count). The van der Waals surface area contributed by atoms with Crippen molar-refractivity contribution >= 4 is 119 Å². The highest BCUT2D eigenvalue weighted by atomic mass is 28.3. The summed E-state index contributed by atoms with van der Waals surface area (Å²) in [5.74, 6) is 2.27. The molecule has 0 N–H and O–H groups in total. The van der Waals surface area contributed by atoms with E-state index >= 15 is 0 Å². The lowest BCUT2D eigenvalue weighted by Gasteiger charge is -2.36. The fraction of sp³-hybridized carbons (Fsp3) is 0.0377. The quantitative estimate of drug-likeness (QED) is 0.0350. The van der Waals surface area contributed by atoms with E-state index in [0.717, 1.165) is 72.3 Å². The predicted octanol–water partition coefficient (Wildman–Crippen LogP) is 16.8. The molecule has 0 radical (unpaired) electrons. The number of hydrogen-bond donors (Lipinski definition) is 0. The average Bonchev–Trinajstić information content (AvgIpc) is 0.966. The molecule has 0 aliphatic rings. The van der Waals surface area contributed by atoms with Crippen molar-refractivity contribution in [3.05, 3.63) is 455 Å². The van der Waals surface area contributed by atoms with E-state index in [1.165, 1.54) is 67.8 Å². The third-order valence-electron chi connectivity index (χ3n) is 23.2. The van der Waals surface area contributed by atoms with Crippen LogP contribution in [0.3, 0.4) is 0 Å². The monoisotopic (exact) mass is 1510 g/mol. The molecule has 0 unspecified atom stereocenters. The zero-order chi connectivity index (χ0) is 76.6. The topological polar surface area (TPSA) is 35.9 Å². The molecule has 0 saturated carbocycles. The molecular formula is C106H82N4OSi3. The summed E-state index contributed by atoms with van der Waals surface area (Å²) in [6, 6.07) is 163. The van der Waals surface area contributed by atoms with Crippen molar-refractivity contribution in [1.82, 2.24) is 14.1 Å². The zero-order valence-corrected chi connectivity index (χ0v) is 66.8. The third kappa shape index (κ3) is 12.3. The van der Waals surface area contributed by atoms with Crippen LogP contribution in [0.15, 0.2) is 443 Å². The molecule has 8 heteroatoms. The number of aromatic nitrogens is 4. The molecule has 0 aliphatic carbocycles. The summed E-state index contributed by atoms with van der Waals surface area (Å²) in [5, 5.41) is 17.7. The lowest BCUT2D eigenvalue weighted by Crippen LogP contribution is -2.75. The minimum absolute atomic E-state index is 0.0700. The van der Waals surface area contributed by atoms with Crippen LogP contribution >= 0.6 is 0 Å². The summed E-state index contributed by atoms with van der Waals surface area (Å²) in [6.45, 7) is 6.75. The maximum Gasteiger partial charge on any atom is 0.269 e. The highest BCUT2D eigenvalue weighted by molar-refractivity contribution is 7.21. The van der Waals surface area contributed by atoms with Crippen LogP contribution in [0, 0.1) is 6.33 Å². The predicted molar refractivity (Wildman–Crippen MR) is 483 cm³/mol. The standard InChI is InChI=1S/C106H82N4OSi3/c1-106(2,3)80-68-69-107-104(72-80)110-100-63-32-31-62-96(100)97-67-66-83(74-103(97)110)111-82-41-37-40-81(73-82)108-77-109(102-65-34-33-64-101(102)108)105-98(78-38-35-60-93(70-78)112(84-42-13-4-14-43-84,85-44-15-5-16-45-85)86-46-17-6-18-47-86)75-95(114(90-54-25-10-26-55-90,91-56-27-11-28-57-91)92-58-29-12-30-59-92)76-99(105)79-39-36-61-94(71-79)113(87-48-19-7-20-49-87,88-50-21-8-22-51-88)89-52-23-9-24-53-89/h4-76H,1-3H3. The van der Waals surface area contributed by atoms with Gasteiger partial charge in [0, 0.05) is 23.0 Å². The van der Waals surface area contributed by atoms with Crippen molar-refractivity contribution < 1.29 is 9.30 Å². The molecule has 0 amide bonds. The van der Waals surface area contributed by atoms with E-state index in [4.69, 9.17) is 9.72 Å². The van der Waals surface area contributed by atoms with Crippen LogP contribution in [0.1, 0.15) is 26.3 Å². The second kappa shape index (κ2) is 29.9. The van der Waals surface area contributed by atoms with E-state index < -0.39 is 24.2 Å². The number of fused-ring (bicyclic) bond motifs is 4. The van der Waals surface area contributed by atoms with Crippen LogP contribution in [0.5, 0.6) is 11.5 Å². The molecule has 0 spiro atoms. The first-order valence-corrected chi connectivity index (χ1v) is 45.3. The highest BCUT2D eigenvalue weighted by Gasteiger charge is 2.46. The van der Waals surface area contributed by atoms with Gasteiger partial charge >= 0.3 is 0 Å². The van der Waals surface area contributed by atoms with Gasteiger partial charge in [-0.2, -0.15) is 0 Å². The van der Waals surface area contributed by atoms with E-state index in [1.807, 2.05) is 6.20 Å². The van der Waals surface area contributed by atoms with Gasteiger partial charge in [-0.3, -0.25) is 13.7 Å².